The van der Waals surface area contributed by atoms with Crippen molar-refractivity contribution < 1.29 is 17.9 Å². The van der Waals surface area contributed by atoms with Gasteiger partial charge in [-0.2, -0.15) is 4.31 Å². The van der Waals surface area contributed by atoms with Crippen LogP contribution in [0.5, 0.6) is 0 Å². The Balaban J connectivity index is 2.03. The summed E-state index contributed by atoms with van der Waals surface area (Å²) >= 11 is 0. The van der Waals surface area contributed by atoms with E-state index < -0.39 is 21.2 Å². The van der Waals surface area contributed by atoms with E-state index >= 15 is 0 Å². The Hall–Kier alpha value is -0.660. The number of nitrogens with one attached hydrogen (secondary N) is 1. The minimum Gasteiger partial charge on any atom is -0.468 e. The van der Waals surface area contributed by atoms with Gasteiger partial charge in [0.15, 0.2) is 5.25 Å². The first-order valence-corrected chi connectivity index (χ1v) is 7.36. The molecule has 0 radical (unpaired) electrons. The van der Waals surface area contributed by atoms with Crippen molar-refractivity contribution in [3.63, 3.8) is 0 Å². The summed E-state index contributed by atoms with van der Waals surface area (Å²) in [6.07, 6.45) is 2.41. The second-order valence-corrected chi connectivity index (χ2v) is 6.61. The van der Waals surface area contributed by atoms with Gasteiger partial charge in [0.1, 0.15) is 0 Å². The largest absolute Gasteiger partial charge is 0.468 e. The summed E-state index contributed by atoms with van der Waals surface area (Å²) in [7, 11) is -2.29. The van der Waals surface area contributed by atoms with E-state index in [0.717, 1.165) is 19.4 Å². The Kier molecular flexibility index (Phi) is 3.70. The Bertz CT molecular complexity index is 389. The lowest BCUT2D eigenvalue weighted by Gasteiger charge is -2.20. The highest BCUT2D eigenvalue weighted by Crippen LogP contribution is 2.24. The quantitative estimate of drug-likeness (QED) is 0.682. The van der Waals surface area contributed by atoms with E-state index in [1.165, 1.54) is 11.4 Å². The van der Waals surface area contributed by atoms with Gasteiger partial charge in [-0.25, -0.2) is 8.42 Å². The second kappa shape index (κ2) is 4.91. The summed E-state index contributed by atoms with van der Waals surface area (Å²) in [6.45, 7) is 1.83. The van der Waals surface area contributed by atoms with E-state index in [2.05, 4.69) is 10.1 Å². The molecule has 0 spiro atoms. The SMILES string of the molecule is COC(=O)C1CCN(CC2CCCN2)S1(=O)=O. The molecule has 0 aromatic carbocycles. The first-order valence-electron chi connectivity index (χ1n) is 5.86. The van der Waals surface area contributed by atoms with Crippen molar-refractivity contribution in [2.45, 2.75) is 30.6 Å². The molecule has 7 heteroatoms. The molecule has 2 aliphatic rings. The van der Waals surface area contributed by atoms with Crippen LogP contribution in [0.25, 0.3) is 0 Å². The number of rotatable bonds is 3. The predicted octanol–water partition coefficient (Wildman–Crippen LogP) is -0.684. The lowest BCUT2D eigenvalue weighted by molar-refractivity contribution is -0.140. The Labute approximate surface area is 101 Å². The van der Waals surface area contributed by atoms with Crippen LogP contribution in [0.1, 0.15) is 19.3 Å². The van der Waals surface area contributed by atoms with Crippen LogP contribution in [0.15, 0.2) is 0 Å². The maximum atomic E-state index is 12.1. The number of carbonyl (C=O) groups is 1. The Morgan fingerprint density at radius 1 is 1.47 bits per heavy atom. The number of esters is 1. The zero-order valence-electron chi connectivity index (χ0n) is 9.89. The van der Waals surface area contributed by atoms with Gasteiger partial charge in [0.25, 0.3) is 0 Å². The van der Waals surface area contributed by atoms with Crippen LogP contribution in [0.3, 0.4) is 0 Å². The third kappa shape index (κ3) is 2.46. The fourth-order valence-corrected chi connectivity index (χ4v) is 4.29. The molecule has 2 rings (SSSR count). The van der Waals surface area contributed by atoms with Crippen molar-refractivity contribution in [1.82, 2.24) is 9.62 Å². The lowest BCUT2D eigenvalue weighted by atomic mass is 10.2. The Morgan fingerprint density at radius 2 is 2.24 bits per heavy atom. The lowest BCUT2D eigenvalue weighted by Crippen LogP contribution is -2.41. The number of hydrogen-bond donors (Lipinski definition) is 1. The summed E-state index contributed by atoms with van der Waals surface area (Å²) in [6, 6.07) is 0.223. The smallest absolute Gasteiger partial charge is 0.325 e. The van der Waals surface area contributed by atoms with E-state index in [1.807, 2.05) is 0 Å². The molecule has 6 nitrogen and oxygen atoms in total. The van der Waals surface area contributed by atoms with Crippen LogP contribution in [-0.2, 0) is 19.6 Å². The molecule has 2 saturated heterocycles. The predicted molar refractivity (Wildman–Crippen MR) is 61.9 cm³/mol. The normalized spacial score (nSPS) is 32.8. The van der Waals surface area contributed by atoms with Gasteiger partial charge in [0.05, 0.1) is 7.11 Å². The fourth-order valence-electron chi connectivity index (χ4n) is 2.44. The number of sulfonamides is 1. The first kappa shape index (κ1) is 12.8. The fraction of sp³-hybridized carbons (Fsp3) is 0.900. The number of carbonyl (C=O) groups excluding carboxylic acids is 1. The molecule has 98 valence electrons. The molecule has 1 N–H and O–H groups in total. The second-order valence-electron chi connectivity index (χ2n) is 4.50. The molecule has 0 aromatic heterocycles. The molecular weight excluding hydrogens is 244 g/mol. The van der Waals surface area contributed by atoms with E-state index in [0.29, 0.717) is 19.5 Å². The van der Waals surface area contributed by atoms with Gasteiger partial charge < -0.3 is 10.1 Å². The number of methoxy groups -OCH3 is 1. The van der Waals surface area contributed by atoms with Crippen molar-refractivity contribution in [1.29, 1.82) is 0 Å². The van der Waals surface area contributed by atoms with E-state index in [9.17, 15) is 13.2 Å². The molecule has 2 unspecified atom stereocenters. The van der Waals surface area contributed by atoms with Gasteiger partial charge in [-0.1, -0.05) is 0 Å². The topological polar surface area (TPSA) is 75.7 Å². The first-order chi connectivity index (χ1) is 8.05. The minimum atomic E-state index is -3.51. The summed E-state index contributed by atoms with van der Waals surface area (Å²) < 4.78 is 30.1. The molecule has 0 aliphatic carbocycles. The summed E-state index contributed by atoms with van der Waals surface area (Å²) in [4.78, 5) is 11.4. The van der Waals surface area contributed by atoms with Crippen LogP contribution in [-0.4, -0.2) is 56.7 Å². The van der Waals surface area contributed by atoms with Gasteiger partial charge in [0.2, 0.25) is 10.0 Å². The summed E-state index contributed by atoms with van der Waals surface area (Å²) in [5.41, 5.74) is 0. The van der Waals surface area contributed by atoms with Crippen LogP contribution in [0.4, 0.5) is 0 Å². The molecule has 0 saturated carbocycles. The maximum absolute atomic E-state index is 12.1. The average Bonchev–Trinajstić information content (AvgIpc) is 2.88. The Morgan fingerprint density at radius 3 is 2.82 bits per heavy atom. The van der Waals surface area contributed by atoms with Gasteiger partial charge in [0, 0.05) is 19.1 Å². The maximum Gasteiger partial charge on any atom is 0.325 e. The van der Waals surface area contributed by atoms with Crippen molar-refractivity contribution in [2.24, 2.45) is 0 Å². The zero-order chi connectivity index (χ0) is 12.5. The van der Waals surface area contributed by atoms with Gasteiger partial charge in [-0.3, -0.25) is 4.79 Å². The highest BCUT2D eigenvalue weighted by atomic mass is 32.2. The van der Waals surface area contributed by atoms with Crippen molar-refractivity contribution >= 4 is 16.0 Å². The average molecular weight is 262 g/mol. The molecule has 0 amide bonds. The van der Waals surface area contributed by atoms with Crippen LogP contribution in [0.2, 0.25) is 0 Å². The molecular formula is C10H18N2O4S. The van der Waals surface area contributed by atoms with Crippen LogP contribution >= 0.6 is 0 Å². The monoisotopic (exact) mass is 262 g/mol. The highest BCUT2D eigenvalue weighted by Gasteiger charge is 2.44. The van der Waals surface area contributed by atoms with E-state index in [4.69, 9.17) is 0 Å². The summed E-state index contributed by atoms with van der Waals surface area (Å²) in [5.74, 6) is -0.646. The number of hydrogen-bond acceptors (Lipinski definition) is 5. The molecule has 0 bridgehead atoms. The van der Waals surface area contributed by atoms with Crippen LogP contribution in [0, 0.1) is 0 Å². The van der Waals surface area contributed by atoms with Crippen molar-refractivity contribution in [3.8, 4) is 0 Å². The molecule has 2 aliphatic heterocycles. The third-order valence-electron chi connectivity index (χ3n) is 3.41. The van der Waals surface area contributed by atoms with Crippen molar-refractivity contribution in [2.75, 3.05) is 26.7 Å². The molecule has 2 fully saturated rings. The summed E-state index contributed by atoms with van der Waals surface area (Å²) in [5, 5.41) is 2.25. The van der Waals surface area contributed by atoms with Gasteiger partial charge in [-0.15, -0.1) is 0 Å². The molecule has 17 heavy (non-hydrogen) atoms. The molecule has 2 heterocycles. The van der Waals surface area contributed by atoms with Crippen LogP contribution < -0.4 is 5.32 Å². The highest BCUT2D eigenvalue weighted by molar-refractivity contribution is 7.90. The number of nitrogens with zero attached hydrogens (tertiary/aromatic N) is 1. The van der Waals surface area contributed by atoms with Gasteiger partial charge >= 0.3 is 5.97 Å². The minimum absolute atomic E-state index is 0.223. The van der Waals surface area contributed by atoms with E-state index in [1.54, 1.807) is 0 Å². The third-order valence-corrected chi connectivity index (χ3v) is 5.61. The van der Waals surface area contributed by atoms with Gasteiger partial charge in [-0.05, 0) is 25.8 Å². The van der Waals surface area contributed by atoms with Crippen molar-refractivity contribution in [3.05, 3.63) is 0 Å². The zero-order valence-corrected chi connectivity index (χ0v) is 10.7. The molecule has 0 aromatic rings. The molecule has 2 atom stereocenters. The standard InChI is InChI=1S/C10H18N2O4S/c1-16-10(13)9-4-6-12(17(9,14)15)7-8-3-2-5-11-8/h8-9,11H,2-7H2,1H3. The number of ether oxygens (including phenoxy) is 1. The van der Waals surface area contributed by atoms with E-state index in [-0.39, 0.29) is 6.04 Å².